The van der Waals surface area contributed by atoms with Gasteiger partial charge in [0.15, 0.2) is 11.0 Å². The maximum Gasteiger partial charge on any atom is 0.329 e. The van der Waals surface area contributed by atoms with E-state index in [2.05, 4.69) is 65.2 Å². The summed E-state index contributed by atoms with van der Waals surface area (Å²) in [6, 6.07) is 15.6. The van der Waals surface area contributed by atoms with Crippen LogP contribution in [0.1, 0.15) is 89.2 Å². The molecule has 4 N–H and O–H groups in total. The van der Waals surface area contributed by atoms with Crippen molar-refractivity contribution in [3.8, 4) is 5.75 Å². The van der Waals surface area contributed by atoms with E-state index in [1.165, 1.54) is 12.4 Å². The number of hydrogen-bond acceptors (Lipinski definition) is 13. The van der Waals surface area contributed by atoms with Crippen molar-refractivity contribution in [2.75, 3.05) is 70.7 Å². The number of carbonyl (C=O) groups is 4. The predicted molar refractivity (Wildman–Crippen MR) is 237 cm³/mol. The van der Waals surface area contributed by atoms with Crippen LogP contribution in [-0.4, -0.2) is 120 Å². The SMILES string of the molecule is CC(C)(CCC(=O)OC(C)(C)C)CC(C)(C)Oc1ccc(CCc2ccc(S(=O)Nc3ncc(C(=O)NCCOCCOCC(=O)NCCOCCOCC(=O)O)cn3)cc2)cc1. The molecule has 0 saturated heterocycles. The third kappa shape index (κ3) is 23.3. The van der Waals surface area contributed by atoms with E-state index in [4.69, 9.17) is 33.5 Å². The molecule has 0 aliphatic carbocycles. The number of aryl methyl sites for hydroxylation is 2. The van der Waals surface area contributed by atoms with E-state index in [0.717, 1.165) is 36.1 Å². The first-order valence-corrected chi connectivity index (χ1v) is 22.1. The molecule has 2 amide bonds. The van der Waals surface area contributed by atoms with Gasteiger partial charge < -0.3 is 44.2 Å². The van der Waals surface area contributed by atoms with Gasteiger partial charge in [0.25, 0.3) is 5.91 Å². The first-order chi connectivity index (χ1) is 29.8. The van der Waals surface area contributed by atoms with Crippen molar-refractivity contribution in [2.24, 2.45) is 5.41 Å². The van der Waals surface area contributed by atoms with Crippen molar-refractivity contribution in [3.63, 3.8) is 0 Å². The Hall–Kier alpha value is -5.01. The van der Waals surface area contributed by atoms with Crippen LogP contribution in [0, 0.1) is 5.41 Å². The Balaban J connectivity index is 1.28. The highest BCUT2D eigenvalue weighted by Crippen LogP contribution is 2.35. The van der Waals surface area contributed by atoms with Crippen LogP contribution in [0.5, 0.6) is 5.75 Å². The first kappa shape index (κ1) is 52.3. The maximum absolute atomic E-state index is 13.0. The average Bonchev–Trinajstić information content (AvgIpc) is 3.21. The van der Waals surface area contributed by atoms with Gasteiger partial charge in [-0.15, -0.1) is 0 Å². The lowest BCUT2D eigenvalue weighted by Crippen LogP contribution is -2.35. The molecular weight excluding hydrogens is 835 g/mol. The summed E-state index contributed by atoms with van der Waals surface area (Å²) in [6.45, 7) is 15.3. The number of aromatic nitrogens is 2. The summed E-state index contributed by atoms with van der Waals surface area (Å²) < 4.78 is 48.4. The maximum atomic E-state index is 13.0. The zero-order chi connectivity index (χ0) is 46.3. The summed E-state index contributed by atoms with van der Waals surface area (Å²) >= 11 is 0. The number of ether oxygens (including phenoxy) is 6. The Kier molecular flexibility index (Phi) is 22.1. The van der Waals surface area contributed by atoms with Gasteiger partial charge in [-0.2, -0.15) is 0 Å². The molecule has 0 aliphatic heterocycles. The van der Waals surface area contributed by atoms with Crippen molar-refractivity contribution in [2.45, 2.75) is 96.7 Å². The average molecular weight is 900 g/mol. The monoisotopic (exact) mass is 899 g/mol. The summed E-state index contributed by atoms with van der Waals surface area (Å²) in [7, 11) is -1.62. The topological polar surface area (TPSA) is 223 Å². The van der Waals surface area contributed by atoms with E-state index in [1.807, 2.05) is 45.0 Å². The molecule has 18 heteroatoms. The molecular formula is C45H65N5O12S. The van der Waals surface area contributed by atoms with Crippen molar-refractivity contribution in [3.05, 3.63) is 77.6 Å². The largest absolute Gasteiger partial charge is 0.488 e. The number of esters is 1. The lowest BCUT2D eigenvalue weighted by molar-refractivity contribution is -0.155. The third-order valence-electron chi connectivity index (χ3n) is 8.89. The van der Waals surface area contributed by atoms with E-state index in [-0.39, 0.29) is 94.7 Å². The van der Waals surface area contributed by atoms with Crippen LogP contribution in [0.4, 0.5) is 5.95 Å². The molecule has 0 bridgehead atoms. The molecule has 1 heterocycles. The van der Waals surface area contributed by atoms with Gasteiger partial charge in [-0.3, -0.25) is 19.1 Å². The smallest absolute Gasteiger partial charge is 0.329 e. The molecule has 1 unspecified atom stereocenters. The minimum absolute atomic E-state index is 0.108. The number of anilines is 1. The standard InChI is InChI=1S/C45H65N5O12S/c1-43(2,3)62-40(54)18-19-44(4,5)32-45(6,7)61-36-14-10-33(11-15-36)8-9-34-12-16-37(17-13-34)63(56)50-42-48-28-35(29-49-42)41(55)47-21-23-58-24-26-59-30-38(51)46-20-22-57-25-27-60-31-39(52)53/h10-17,28-29H,8-9,18-27,30-32H2,1-7H3,(H,46,51)(H,47,55)(H,52,53)(H,48,49,50). The molecule has 17 nitrogen and oxygen atoms in total. The van der Waals surface area contributed by atoms with Crippen LogP contribution >= 0.6 is 0 Å². The molecule has 0 saturated carbocycles. The molecule has 2 aromatic carbocycles. The number of carboxylic acids is 1. The molecule has 0 radical (unpaired) electrons. The number of aliphatic carboxylic acids is 1. The highest BCUT2D eigenvalue weighted by atomic mass is 32.2. The van der Waals surface area contributed by atoms with Crippen molar-refractivity contribution in [1.82, 2.24) is 20.6 Å². The molecule has 348 valence electrons. The van der Waals surface area contributed by atoms with Gasteiger partial charge in [-0.1, -0.05) is 38.1 Å². The molecule has 1 aromatic heterocycles. The molecule has 0 spiro atoms. The van der Waals surface area contributed by atoms with E-state index >= 15 is 0 Å². The zero-order valence-electron chi connectivity index (χ0n) is 37.6. The summed E-state index contributed by atoms with van der Waals surface area (Å²) in [4.78, 5) is 55.7. The van der Waals surface area contributed by atoms with Gasteiger partial charge >= 0.3 is 11.9 Å². The Morgan fingerprint density at radius 1 is 0.698 bits per heavy atom. The number of benzene rings is 2. The van der Waals surface area contributed by atoms with E-state index in [1.54, 1.807) is 12.1 Å². The first-order valence-electron chi connectivity index (χ1n) is 21.0. The minimum atomic E-state index is -1.62. The Morgan fingerprint density at radius 3 is 1.81 bits per heavy atom. The van der Waals surface area contributed by atoms with Crippen LogP contribution < -0.4 is 20.1 Å². The minimum Gasteiger partial charge on any atom is -0.488 e. The fourth-order valence-electron chi connectivity index (χ4n) is 6.28. The van der Waals surface area contributed by atoms with Crippen molar-refractivity contribution in [1.29, 1.82) is 0 Å². The van der Waals surface area contributed by atoms with Gasteiger partial charge in [0, 0.05) is 31.9 Å². The number of carboxylic acid groups (broad SMARTS) is 1. The zero-order valence-corrected chi connectivity index (χ0v) is 38.4. The van der Waals surface area contributed by atoms with Gasteiger partial charge in [-0.05, 0) is 101 Å². The number of rotatable bonds is 30. The Labute approximate surface area is 373 Å². The lowest BCUT2D eigenvalue weighted by Gasteiger charge is -2.35. The van der Waals surface area contributed by atoms with Crippen LogP contribution in [0.25, 0.3) is 0 Å². The summed E-state index contributed by atoms with van der Waals surface area (Å²) in [5, 5.41) is 13.8. The summed E-state index contributed by atoms with van der Waals surface area (Å²) in [5.74, 6) is -1.05. The van der Waals surface area contributed by atoms with Gasteiger partial charge in [0.1, 0.15) is 30.2 Å². The number of nitrogens with one attached hydrogen (secondary N) is 3. The second kappa shape index (κ2) is 26.6. The quantitative estimate of drug-likeness (QED) is 0.0506. The van der Waals surface area contributed by atoms with E-state index in [0.29, 0.717) is 17.7 Å². The third-order valence-corrected chi connectivity index (χ3v) is 9.96. The second-order valence-corrected chi connectivity index (χ2v) is 18.3. The highest BCUT2D eigenvalue weighted by molar-refractivity contribution is 7.86. The van der Waals surface area contributed by atoms with Gasteiger partial charge in [-0.25, -0.2) is 19.0 Å². The fourth-order valence-corrected chi connectivity index (χ4v) is 7.05. The predicted octanol–water partition coefficient (Wildman–Crippen LogP) is 5.09. The molecule has 63 heavy (non-hydrogen) atoms. The lowest BCUT2D eigenvalue weighted by atomic mass is 9.78. The summed E-state index contributed by atoms with van der Waals surface area (Å²) in [5.41, 5.74) is 1.44. The van der Waals surface area contributed by atoms with Crippen LogP contribution in [0.2, 0.25) is 0 Å². The normalized spacial score (nSPS) is 12.3. The van der Waals surface area contributed by atoms with Gasteiger partial charge in [0.05, 0.1) is 50.1 Å². The number of nitrogens with zero attached hydrogens (tertiary/aromatic N) is 2. The number of hydrogen-bond donors (Lipinski definition) is 4. The van der Waals surface area contributed by atoms with Crippen molar-refractivity contribution < 1.29 is 56.9 Å². The highest BCUT2D eigenvalue weighted by Gasteiger charge is 2.31. The molecule has 0 fully saturated rings. The fraction of sp³-hybridized carbons (Fsp3) is 0.556. The van der Waals surface area contributed by atoms with Gasteiger partial charge in [0.2, 0.25) is 11.9 Å². The number of amides is 2. The van der Waals surface area contributed by atoms with Crippen LogP contribution in [0.15, 0.2) is 65.8 Å². The Bertz CT molecular complexity index is 1890. The molecule has 0 aliphatic rings. The molecule has 3 rings (SSSR count). The molecule has 1 atom stereocenters. The second-order valence-electron chi connectivity index (χ2n) is 17.1. The van der Waals surface area contributed by atoms with E-state index in [9.17, 15) is 23.4 Å². The number of carbonyl (C=O) groups excluding carboxylic acids is 3. The van der Waals surface area contributed by atoms with Crippen molar-refractivity contribution >= 4 is 40.7 Å². The Morgan fingerprint density at radius 2 is 1.24 bits per heavy atom. The van der Waals surface area contributed by atoms with Crippen LogP contribution in [0.3, 0.4) is 0 Å². The van der Waals surface area contributed by atoms with E-state index < -0.39 is 34.1 Å². The molecule has 3 aromatic rings. The summed E-state index contributed by atoms with van der Waals surface area (Å²) in [6.07, 6.45) is 6.13. The van der Waals surface area contributed by atoms with Crippen LogP contribution in [-0.2, 0) is 61.9 Å².